The van der Waals surface area contributed by atoms with Crippen LogP contribution in [0.15, 0.2) is 29.3 Å². The molecule has 1 unspecified atom stereocenters. The fourth-order valence-electron chi connectivity index (χ4n) is 3.93. The van der Waals surface area contributed by atoms with Crippen LogP contribution in [0.1, 0.15) is 28.6 Å². The summed E-state index contributed by atoms with van der Waals surface area (Å²) < 4.78 is 20.8. The zero-order valence-electron chi connectivity index (χ0n) is 18.4. The fourth-order valence-corrected chi connectivity index (χ4v) is 3.93. The Morgan fingerprint density at radius 2 is 1.90 bits per heavy atom. The molecule has 0 saturated carbocycles. The lowest BCUT2D eigenvalue weighted by atomic mass is 10.0. The van der Waals surface area contributed by atoms with Crippen LogP contribution in [0.25, 0.3) is 0 Å². The minimum Gasteiger partial charge on any atom is -0.379 e. The molecule has 0 spiro atoms. The minimum absolute atomic E-state index is 0.121. The number of ether oxygens (including phenoxy) is 1. The molecule has 30 heavy (non-hydrogen) atoms. The molecule has 0 amide bonds. The number of benzene rings is 1. The average molecular weight is 417 g/mol. The Labute approximate surface area is 178 Å². The number of hydrogen-bond donors (Lipinski definition) is 2. The van der Waals surface area contributed by atoms with E-state index in [-0.39, 0.29) is 11.9 Å². The van der Waals surface area contributed by atoms with E-state index in [1.54, 1.807) is 7.05 Å². The molecule has 1 atom stereocenters. The Hall–Kier alpha value is -2.45. The van der Waals surface area contributed by atoms with Crippen molar-refractivity contribution in [3.05, 3.63) is 52.6 Å². The van der Waals surface area contributed by atoms with E-state index in [1.807, 2.05) is 30.8 Å². The van der Waals surface area contributed by atoms with Crippen molar-refractivity contribution in [3.8, 4) is 0 Å². The Kier molecular flexibility index (Phi) is 7.81. The summed E-state index contributed by atoms with van der Waals surface area (Å²) in [4.78, 5) is 6.74. The topological polar surface area (TPSA) is 66.7 Å². The van der Waals surface area contributed by atoms with Gasteiger partial charge in [0.15, 0.2) is 5.96 Å². The zero-order chi connectivity index (χ0) is 21.5. The second-order valence-corrected chi connectivity index (χ2v) is 7.62. The molecule has 1 aliphatic rings. The summed E-state index contributed by atoms with van der Waals surface area (Å²) in [5.74, 6) is 0.542. The molecule has 1 saturated heterocycles. The number of rotatable bonds is 7. The van der Waals surface area contributed by atoms with Crippen molar-refractivity contribution in [3.63, 3.8) is 0 Å². The molecule has 8 heteroatoms. The van der Waals surface area contributed by atoms with Crippen LogP contribution >= 0.6 is 0 Å². The van der Waals surface area contributed by atoms with Crippen molar-refractivity contribution >= 4 is 5.96 Å². The van der Waals surface area contributed by atoms with Gasteiger partial charge in [-0.05, 0) is 43.5 Å². The molecule has 7 nitrogen and oxygen atoms in total. The number of halogens is 1. The van der Waals surface area contributed by atoms with Gasteiger partial charge in [0.2, 0.25) is 0 Å². The van der Waals surface area contributed by atoms with Crippen LogP contribution in [-0.4, -0.2) is 67.1 Å². The second-order valence-electron chi connectivity index (χ2n) is 7.62. The van der Waals surface area contributed by atoms with Crippen molar-refractivity contribution < 1.29 is 9.13 Å². The molecule has 1 aromatic carbocycles. The zero-order valence-corrected chi connectivity index (χ0v) is 18.4. The van der Waals surface area contributed by atoms with Gasteiger partial charge in [-0.25, -0.2) is 4.39 Å². The van der Waals surface area contributed by atoms with E-state index in [0.29, 0.717) is 19.8 Å². The van der Waals surface area contributed by atoms with Gasteiger partial charge in [0.05, 0.1) is 24.9 Å². The quantitative estimate of drug-likeness (QED) is 0.534. The number of nitrogens with zero attached hydrogens (tertiary/aromatic N) is 4. The third-order valence-electron chi connectivity index (χ3n) is 5.75. The summed E-state index contributed by atoms with van der Waals surface area (Å²) >= 11 is 0. The third-order valence-corrected chi connectivity index (χ3v) is 5.75. The van der Waals surface area contributed by atoms with Gasteiger partial charge < -0.3 is 15.4 Å². The first-order chi connectivity index (χ1) is 14.5. The molecule has 2 N–H and O–H groups in total. The van der Waals surface area contributed by atoms with Gasteiger partial charge in [-0.3, -0.25) is 14.6 Å². The van der Waals surface area contributed by atoms with Crippen LogP contribution in [-0.2, 0) is 18.2 Å². The molecular formula is C22H33FN6O. The normalized spacial score (nSPS) is 16.5. The van der Waals surface area contributed by atoms with Crippen molar-refractivity contribution in [2.24, 2.45) is 12.0 Å². The Morgan fingerprint density at radius 3 is 2.50 bits per heavy atom. The standard InChI is InChI=1S/C22H33FN6O/c1-16-20(17(2)28(4)27-16)9-10-25-22(24-3)26-15-21(29-11-13-30-14-12-29)18-5-7-19(23)8-6-18/h5-8,21H,9-15H2,1-4H3,(H2,24,25,26). The Bertz CT molecular complexity index is 842. The van der Waals surface area contributed by atoms with Gasteiger partial charge in [0.1, 0.15) is 5.82 Å². The monoisotopic (exact) mass is 416 g/mol. The SMILES string of the molecule is CN=C(NCCc1c(C)nn(C)c1C)NCC(c1ccc(F)cc1)N1CCOCC1. The number of morpholine rings is 1. The van der Waals surface area contributed by atoms with E-state index in [1.165, 1.54) is 23.4 Å². The number of hydrogen-bond acceptors (Lipinski definition) is 4. The predicted molar refractivity (Wildman–Crippen MR) is 117 cm³/mol. The lowest BCUT2D eigenvalue weighted by molar-refractivity contribution is 0.0170. The fraction of sp³-hybridized carbons (Fsp3) is 0.545. The van der Waals surface area contributed by atoms with E-state index in [4.69, 9.17) is 4.74 Å². The lowest BCUT2D eigenvalue weighted by Gasteiger charge is -2.35. The van der Waals surface area contributed by atoms with Crippen LogP contribution in [0.5, 0.6) is 0 Å². The largest absolute Gasteiger partial charge is 0.379 e. The Morgan fingerprint density at radius 1 is 1.20 bits per heavy atom. The molecule has 2 aromatic rings. The highest BCUT2D eigenvalue weighted by molar-refractivity contribution is 5.79. The summed E-state index contributed by atoms with van der Waals surface area (Å²) in [6, 6.07) is 6.89. The van der Waals surface area contributed by atoms with Crippen molar-refractivity contribution in [1.29, 1.82) is 0 Å². The molecule has 164 valence electrons. The lowest BCUT2D eigenvalue weighted by Crippen LogP contribution is -2.46. The number of aliphatic imine (C=N–C) groups is 1. The van der Waals surface area contributed by atoms with E-state index in [9.17, 15) is 4.39 Å². The van der Waals surface area contributed by atoms with Crippen molar-refractivity contribution in [1.82, 2.24) is 25.3 Å². The third kappa shape index (κ3) is 5.58. The molecule has 0 bridgehead atoms. The summed E-state index contributed by atoms with van der Waals surface area (Å²) in [6.45, 7) is 8.73. The molecular weight excluding hydrogens is 383 g/mol. The Balaban J connectivity index is 1.59. The minimum atomic E-state index is -0.217. The summed E-state index contributed by atoms with van der Waals surface area (Å²) in [5.41, 5.74) is 4.63. The summed E-state index contributed by atoms with van der Waals surface area (Å²) in [7, 11) is 3.75. The molecule has 1 fully saturated rings. The van der Waals surface area contributed by atoms with Gasteiger partial charge in [-0.15, -0.1) is 0 Å². The van der Waals surface area contributed by atoms with Gasteiger partial charge in [-0.1, -0.05) is 12.1 Å². The smallest absolute Gasteiger partial charge is 0.191 e. The van der Waals surface area contributed by atoms with E-state index in [2.05, 4.69) is 32.5 Å². The number of guanidine groups is 1. The van der Waals surface area contributed by atoms with E-state index >= 15 is 0 Å². The average Bonchev–Trinajstić information content (AvgIpc) is 3.00. The maximum atomic E-state index is 13.4. The first-order valence-corrected chi connectivity index (χ1v) is 10.5. The highest BCUT2D eigenvalue weighted by Gasteiger charge is 2.23. The van der Waals surface area contributed by atoms with Gasteiger partial charge >= 0.3 is 0 Å². The highest BCUT2D eigenvalue weighted by Crippen LogP contribution is 2.21. The van der Waals surface area contributed by atoms with Crippen molar-refractivity contribution in [2.75, 3.05) is 46.4 Å². The molecule has 0 aliphatic carbocycles. The number of aromatic nitrogens is 2. The van der Waals surface area contributed by atoms with Gasteiger partial charge in [0.25, 0.3) is 0 Å². The first kappa shape index (κ1) is 22.2. The van der Waals surface area contributed by atoms with Crippen molar-refractivity contribution in [2.45, 2.75) is 26.3 Å². The van der Waals surface area contributed by atoms with Gasteiger partial charge in [0, 0.05) is 46.0 Å². The number of nitrogens with one attached hydrogen (secondary N) is 2. The summed E-state index contributed by atoms with van der Waals surface area (Å²) in [5, 5.41) is 11.3. The molecule has 1 aromatic heterocycles. The van der Waals surface area contributed by atoms with E-state index < -0.39 is 0 Å². The van der Waals surface area contributed by atoms with Crippen LogP contribution in [0.3, 0.4) is 0 Å². The predicted octanol–water partition coefficient (Wildman–Crippen LogP) is 1.96. The first-order valence-electron chi connectivity index (χ1n) is 10.5. The molecule has 1 aliphatic heterocycles. The number of aryl methyl sites for hydroxylation is 2. The van der Waals surface area contributed by atoms with Gasteiger partial charge in [-0.2, -0.15) is 5.10 Å². The molecule has 2 heterocycles. The maximum Gasteiger partial charge on any atom is 0.191 e. The maximum absolute atomic E-state index is 13.4. The van der Waals surface area contributed by atoms with E-state index in [0.717, 1.165) is 43.3 Å². The highest BCUT2D eigenvalue weighted by atomic mass is 19.1. The van der Waals surface area contributed by atoms with Crippen LogP contribution in [0.4, 0.5) is 4.39 Å². The summed E-state index contributed by atoms with van der Waals surface area (Å²) in [6.07, 6.45) is 0.886. The van der Waals surface area contributed by atoms with Crippen LogP contribution in [0.2, 0.25) is 0 Å². The van der Waals surface area contributed by atoms with Crippen LogP contribution in [0, 0.1) is 19.7 Å². The molecule has 3 rings (SSSR count). The second kappa shape index (κ2) is 10.5. The molecule has 0 radical (unpaired) electrons. The van der Waals surface area contributed by atoms with Crippen LogP contribution < -0.4 is 10.6 Å².